The molecular formula is C20H17ClN4O. The van der Waals surface area contributed by atoms with Crippen LogP contribution in [-0.2, 0) is 6.54 Å². The maximum absolute atomic E-state index is 11.3. The van der Waals surface area contributed by atoms with Gasteiger partial charge >= 0.3 is 0 Å². The van der Waals surface area contributed by atoms with Crippen LogP contribution in [0.4, 0.5) is 0 Å². The summed E-state index contributed by atoms with van der Waals surface area (Å²) in [6.07, 6.45) is 4.91. The average molecular weight is 365 g/mol. The lowest BCUT2D eigenvalue weighted by Crippen LogP contribution is -1.95. The highest BCUT2D eigenvalue weighted by atomic mass is 35.5. The third-order valence-corrected chi connectivity index (χ3v) is 4.09. The number of pyridine rings is 2. The van der Waals surface area contributed by atoms with E-state index in [1.165, 1.54) is 6.20 Å². The largest absolute Gasteiger partial charge is 0.404 e. The standard InChI is InChI=1S/C20H17ClN4O/c1-13(26)15-4-2-14(3-5-15)10-23-11-17(9-22)16-8-19-18(24-12-16)6-7-20(21)25-19/h2-9,11-12H,10,22H2,1H3. The molecule has 26 heavy (non-hydrogen) atoms. The molecule has 0 atom stereocenters. The van der Waals surface area contributed by atoms with Crippen LogP contribution < -0.4 is 5.73 Å². The van der Waals surface area contributed by atoms with Crippen molar-refractivity contribution in [1.82, 2.24) is 9.97 Å². The first kappa shape index (κ1) is 17.8. The highest BCUT2D eigenvalue weighted by molar-refractivity contribution is 6.29. The number of allylic oxidation sites excluding steroid dienone is 1. The fraction of sp³-hybridized carbons (Fsp3) is 0.100. The molecule has 3 aromatic rings. The summed E-state index contributed by atoms with van der Waals surface area (Å²) in [6, 6.07) is 12.8. The Morgan fingerprint density at radius 3 is 2.62 bits per heavy atom. The zero-order chi connectivity index (χ0) is 18.5. The van der Waals surface area contributed by atoms with Crippen LogP contribution in [0.25, 0.3) is 16.6 Å². The first-order valence-electron chi connectivity index (χ1n) is 8.01. The maximum Gasteiger partial charge on any atom is 0.159 e. The number of nitrogens with zero attached hydrogens (tertiary/aromatic N) is 3. The number of benzene rings is 1. The van der Waals surface area contributed by atoms with Crippen molar-refractivity contribution in [1.29, 1.82) is 0 Å². The number of aromatic nitrogens is 2. The van der Waals surface area contributed by atoms with E-state index in [-0.39, 0.29) is 5.78 Å². The maximum atomic E-state index is 11.3. The lowest BCUT2D eigenvalue weighted by molar-refractivity contribution is 0.101. The molecule has 0 aliphatic heterocycles. The number of carbonyl (C=O) groups excluding carboxylic acids is 1. The molecule has 2 aromatic heterocycles. The van der Waals surface area contributed by atoms with Crippen LogP contribution in [0.2, 0.25) is 5.15 Å². The van der Waals surface area contributed by atoms with Gasteiger partial charge in [-0.05, 0) is 30.7 Å². The van der Waals surface area contributed by atoms with E-state index >= 15 is 0 Å². The first-order chi connectivity index (χ1) is 12.6. The van der Waals surface area contributed by atoms with Gasteiger partial charge in [0, 0.05) is 35.3 Å². The van der Waals surface area contributed by atoms with Crippen molar-refractivity contribution in [2.24, 2.45) is 10.7 Å². The molecule has 0 radical (unpaired) electrons. The van der Waals surface area contributed by atoms with E-state index in [1.54, 1.807) is 37.5 Å². The Kier molecular flexibility index (Phi) is 5.39. The quantitative estimate of drug-likeness (QED) is 0.420. The van der Waals surface area contributed by atoms with Gasteiger partial charge in [0.15, 0.2) is 5.78 Å². The van der Waals surface area contributed by atoms with E-state index in [0.717, 1.165) is 22.2 Å². The van der Waals surface area contributed by atoms with Gasteiger partial charge in [-0.3, -0.25) is 14.8 Å². The summed E-state index contributed by atoms with van der Waals surface area (Å²) in [4.78, 5) is 24.4. The molecule has 0 aliphatic rings. The van der Waals surface area contributed by atoms with E-state index in [1.807, 2.05) is 24.3 Å². The number of fused-ring (bicyclic) bond motifs is 1. The minimum Gasteiger partial charge on any atom is -0.404 e. The fourth-order valence-electron chi connectivity index (χ4n) is 2.45. The van der Waals surface area contributed by atoms with Gasteiger partial charge in [-0.15, -0.1) is 0 Å². The molecule has 0 aliphatic carbocycles. The molecule has 5 nitrogen and oxygen atoms in total. The smallest absolute Gasteiger partial charge is 0.159 e. The Morgan fingerprint density at radius 2 is 1.92 bits per heavy atom. The number of rotatable bonds is 5. The molecule has 0 amide bonds. The molecule has 130 valence electrons. The molecule has 6 heteroatoms. The van der Waals surface area contributed by atoms with Crippen molar-refractivity contribution in [3.8, 4) is 0 Å². The molecule has 2 N–H and O–H groups in total. The van der Waals surface area contributed by atoms with E-state index in [2.05, 4.69) is 15.0 Å². The second-order valence-electron chi connectivity index (χ2n) is 5.74. The molecule has 1 aromatic carbocycles. The van der Waals surface area contributed by atoms with Crippen LogP contribution in [0.3, 0.4) is 0 Å². The van der Waals surface area contributed by atoms with E-state index in [4.69, 9.17) is 17.3 Å². The molecule has 3 rings (SSSR count). The number of halogens is 1. The summed E-state index contributed by atoms with van der Waals surface area (Å²) < 4.78 is 0. The normalized spacial score (nSPS) is 12.0. The zero-order valence-electron chi connectivity index (χ0n) is 14.2. The SMILES string of the molecule is CC(=O)c1ccc(CN=CC(=CN)c2cnc3ccc(Cl)nc3c2)cc1. The summed E-state index contributed by atoms with van der Waals surface area (Å²) in [5.41, 5.74) is 10.4. The number of nitrogens with two attached hydrogens (primary N) is 1. The molecule has 0 saturated heterocycles. The van der Waals surface area contributed by atoms with Gasteiger partial charge in [0.1, 0.15) is 5.15 Å². The lowest BCUT2D eigenvalue weighted by atomic mass is 10.1. The topological polar surface area (TPSA) is 81.2 Å². The predicted octanol–water partition coefficient (Wildman–Crippen LogP) is 4.06. The van der Waals surface area contributed by atoms with Gasteiger partial charge in [-0.2, -0.15) is 0 Å². The molecule has 0 unspecified atom stereocenters. The van der Waals surface area contributed by atoms with Gasteiger partial charge in [0.05, 0.1) is 17.6 Å². The Labute approximate surface area is 156 Å². The van der Waals surface area contributed by atoms with Crippen LogP contribution in [0.5, 0.6) is 0 Å². The highest BCUT2D eigenvalue weighted by Gasteiger charge is 2.04. The van der Waals surface area contributed by atoms with E-state index in [9.17, 15) is 4.79 Å². The van der Waals surface area contributed by atoms with Gasteiger partial charge in [0.2, 0.25) is 0 Å². The van der Waals surface area contributed by atoms with Crippen molar-refractivity contribution in [2.75, 3.05) is 0 Å². The Morgan fingerprint density at radius 1 is 1.15 bits per heavy atom. The summed E-state index contributed by atoms with van der Waals surface area (Å²) in [6.45, 7) is 2.03. The molecule has 0 spiro atoms. The Balaban J connectivity index is 1.76. The van der Waals surface area contributed by atoms with Crippen molar-refractivity contribution >= 4 is 40.2 Å². The zero-order valence-corrected chi connectivity index (χ0v) is 14.9. The second kappa shape index (κ2) is 7.89. The molecular weight excluding hydrogens is 348 g/mol. The Bertz CT molecular complexity index is 1010. The molecule has 0 bridgehead atoms. The number of hydrogen-bond acceptors (Lipinski definition) is 5. The van der Waals surface area contributed by atoms with Crippen LogP contribution in [0.15, 0.2) is 59.9 Å². The van der Waals surface area contributed by atoms with Crippen LogP contribution in [0.1, 0.15) is 28.4 Å². The van der Waals surface area contributed by atoms with Crippen molar-refractivity contribution in [3.63, 3.8) is 0 Å². The number of hydrogen-bond donors (Lipinski definition) is 1. The third-order valence-electron chi connectivity index (χ3n) is 3.88. The van der Waals surface area contributed by atoms with Gasteiger partial charge in [-0.25, -0.2) is 4.98 Å². The van der Waals surface area contributed by atoms with Crippen LogP contribution >= 0.6 is 11.6 Å². The van der Waals surface area contributed by atoms with Crippen LogP contribution in [0, 0.1) is 0 Å². The summed E-state index contributed by atoms with van der Waals surface area (Å²) in [5, 5.41) is 0.414. The number of Topliss-reactive ketones (excluding diaryl/α,β-unsaturated/α-hetero) is 1. The molecule has 0 saturated carbocycles. The summed E-state index contributed by atoms with van der Waals surface area (Å²) in [7, 11) is 0. The lowest BCUT2D eigenvalue weighted by Gasteiger charge is -2.04. The molecule has 2 heterocycles. The van der Waals surface area contributed by atoms with E-state index in [0.29, 0.717) is 22.8 Å². The van der Waals surface area contributed by atoms with Crippen molar-refractivity contribution in [3.05, 3.63) is 76.7 Å². The number of carbonyl (C=O) groups is 1. The third kappa shape index (κ3) is 4.13. The highest BCUT2D eigenvalue weighted by Crippen LogP contribution is 2.18. The van der Waals surface area contributed by atoms with Crippen LogP contribution in [-0.4, -0.2) is 22.0 Å². The Hall–Kier alpha value is -3.05. The van der Waals surface area contributed by atoms with Gasteiger partial charge < -0.3 is 5.73 Å². The first-order valence-corrected chi connectivity index (χ1v) is 8.39. The van der Waals surface area contributed by atoms with Crippen molar-refractivity contribution in [2.45, 2.75) is 13.5 Å². The molecule has 0 fully saturated rings. The average Bonchev–Trinajstić information content (AvgIpc) is 2.65. The van der Waals surface area contributed by atoms with Crippen molar-refractivity contribution < 1.29 is 4.79 Å². The summed E-state index contributed by atoms with van der Waals surface area (Å²) >= 11 is 5.94. The van der Waals surface area contributed by atoms with E-state index < -0.39 is 0 Å². The predicted molar refractivity (Wildman–Crippen MR) is 105 cm³/mol. The minimum atomic E-state index is 0.0471. The summed E-state index contributed by atoms with van der Waals surface area (Å²) in [5.74, 6) is 0.0471. The van der Waals surface area contributed by atoms with Gasteiger partial charge in [0.25, 0.3) is 0 Å². The minimum absolute atomic E-state index is 0.0471. The number of aliphatic imine (C=N–C) groups is 1. The fourth-order valence-corrected chi connectivity index (χ4v) is 2.60. The second-order valence-corrected chi connectivity index (χ2v) is 6.13. The monoisotopic (exact) mass is 364 g/mol. The van der Waals surface area contributed by atoms with Gasteiger partial charge in [-0.1, -0.05) is 35.9 Å². The number of ketones is 1.